The van der Waals surface area contributed by atoms with Crippen molar-refractivity contribution in [3.05, 3.63) is 112 Å². The predicted molar refractivity (Wildman–Crippen MR) is 117 cm³/mol. The van der Waals surface area contributed by atoms with Crippen LogP contribution in [0, 0.1) is 5.82 Å². The van der Waals surface area contributed by atoms with Gasteiger partial charge in [0.2, 0.25) is 4.80 Å². The highest BCUT2D eigenvalue weighted by Gasteiger charge is 2.09. The number of hydrogen-bond acceptors (Lipinski definition) is 3. The minimum Gasteiger partial charge on any atom is -0.311 e. The first kappa shape index (κ1) is 19.0. The van der Waals surface area contributed by atoms with Gasteiger partial charge in [-0.3, -0.25) is 0 Å². The van der Waals surface area contributed by atoms with Crippen LogP contribution in [0.4, 0.5) is 4.39 Å². The molecule has 0 aliphatic rings. The van der Waals surface area contributed by atoms with Gasteiger partial charge in [0.15, 0.2) is 0 Å². The molecule has 0 saturated heterocycles. The van der Waals surface area contributed by atoms with Crippen molar-refractivity contribution in [3.8, 4) is 11.3 Å². The Kier molecular flexibility index (Phi) is 5.77. The third kappa shape index (κ3) is 4.58. The smallest absolute Gasteiger partial charge is 0.211 e. The summed E-state index contributed by atoms with van der Waals surface area (Å²) in [5, 5.41) is 11.0. The predicted octanol–water partition coefficient (Wildman–Crippen LogP) is 5.73. The van der Waals surface area contributed by atoms with Crippen molar-refractivity contribution in [1.82, 2.24) is 4.57 Å². The largest absolute Gasteiger partial charge is 0.311 e. The van der Waals surface area contributed by atoms with Crippen LogP contribution in [0.25, 0.3) is 11.3 Å². The second-order valence-electron chi connectivity index (χ2n) is 6.63. The molecule has 1 aromatic heterocycles. The molecule has 0 radical (unpaired) electrons. The second kappa shape index (κ2) is 8.80. The van der Waals surface area contributed by atoms with E-state index in [0.29, 0.717) is 6.54 Å². The van der Waals surface area contributed by atoms with Crippen LogP contribution >= 0.6 is 11.3 Å². The highest BCUT2D eigenvalue weighted by atomic mass is 32.1. The van der Waals surface area contributed by atoms with Crippen molar-refractivity contribution in [2.24, 2.45) is 10.2 Å². The molecule has 0 amide bonds. The summed E-state index contributed by atoms with van der Waals surface area (Å²) in [5.41, 5.74) is 5.03. The van der Waals surface area contributed by atoms with Gasteiger partial charge in [0.1, 0.15) is 5.82 Å². The number of aromatic nitrogens is 1. The third-order valence-electron chi connectivity index (χ3n) is 4.60. The molecule has 0 atom stereocenters. The van der Waals surface area contributed by atoms with Crippen molar-refractivity contribution in [2.75, 3.05) is 0 Å². The lowest BCUT2D eigenvalue weighted by Crippen LogP contribution is -2.16. The number of rotatable bonds is 5. The van der Waals surface area contributed by atoms with Gasteiger partial charge in [0, 0.05) is 5.38 Å². The number of thiazole rings is 1. The van der Waals surface area contributed by atoms with E-state index >= 15 is 0 Å². The van der Waals surface area contributed by atoms with Gasteiger partial charge in [-0.25, -0.2) is 4.39 Å². The Hall–Kier alpha value is -3.31. The molecule has 0 N–H and O–H groups in total. The fraction of sp³-hybridized carbons (Fsp3) is 0.0833. The molecule has 0 fully saturated rings. The molecular formula is C24H20FN3S. The molecule has 0 aliphatic carbocycles. The maximum Gasteiger partial charge on any atom is 0.211 e. The van der Waals surface area contributed by atoms with Crippen LogP contribution in [-0.2, 0) is 6.54 Å². The molecule has 5 heteroatoms. The first-order valence-electron chi connectivity index (χ1n) is 9.32. The lowest BCUT2D eigenvalue weighted by atomic mass is 10.1. The molecule has 0 aliphatic heterocycles. The van der Waals surface area contributed by atoms with Crippen molar-refractivity contribution < 1.29 is 4.39 Å². The number of benzene rings is 3. The van der Waals surface area contributed by atoms with Crippen LogP contribution in [0.1, 0.15) is 18.1 Å². The van der Waals surface area contributed by atoms with Gasteiger partial charge in [0.05, 0.1) is 18.0 Å². The maximum absolute atomic E-state index is 13.2. The van der Waals surface area contributed by atoms with Gasteiger partial charge in [-0.1, -0.05) is 72.8 Å². The lowest BCUT2D eigenvalue weighted by Gasteiger charge is -2.09. The van der Waals surface area contributed by atoms with Crippen molar-refractivity contribution >= 4 is 17.0 Å². The Balaban J connectivity index is 1.76. The maximum atomic E-state index is 13.2. The van der Waals surface area contributed by atoms with Crippen LogP contribution in [0.3, 0.4) is 0 Å². The molecule has 0 unspecified atom stereocenters. The zero-order valence-electron chi connectivity index (χ0n) is 16.0. The minimum absolute atomic E-state index is 0.259. The molecule has 0 saturated carbocycles. The SMILES string of the molecule is CC(=NN=c1scc(-c2ccccc2)n1Cc1ccccc1)c1ccc(F)cc1. The van der Waals surface area contributed by atoms with Crippen LogP contribution < -0.4 is 4.80 Å². The van der Waals surface area contributed by atoms with Gasteiger partial charge in [0.25, 0.3) is 0 Å². The van der Waals surface area contributed by atoms with Crippen molar-refractivity contribution in [1.29, 1.82) is 0 Å². The van der Waals surface area contributed by atoms with E-state index in [1.165, 1.54) is 17.7 Å². The summed E-state index contributed by atoms with van der Waals surface area (Å²) in [7, 11) is 0. The zero-order chi connectivity index (χ0) is 20.1. The van der Waals surface area contributed by atoms with Gasteiger partial charge in [-0.05, 0) is 35.7 Å². The molecule has 4 aromatic rings. The average molecular weight is 402 g/mol. The van der Waals surface area contributed by atoms with E-state index in [-0.39, 0.29) is 5.82 Å². The van der Waals surface area contributed by atoms with Gasteiger partial charge in [-0.2, -0.15) is 5.10 Å². The summed E-state index contributed by atoms with van der Waals surface area (Å²) in [6, 6.07) is 26.9. The molecule has 0 spiro atoms. The Labute approximate surface area is 173 Å². The normalized spacial score (nSPS) is 12.3. The molecular weight excluding hydrogens is 381 g/mol. The fourth-order valence-corrected chi connectivity index (χ4v) is 3.89. The van der Waals surface area contributed by atoms with Crippen LogP contribution in [-0.4, -0.2) is 10.3 Å². The first-order valence-corrected chi connectivity index (χ1v) is 10.2. The number of hydrogen-bond donors (Lipinski definition) is 0. The Bertz CT molecular complexity index is 1170. The van der Waals surface area contributed by atoms with E-state index < -0.39 is 0 Å². The van der Waals surface area contributed by atoms with Crippen LogP contribution in [0.5, 0.6) is 0 Å². The van der Waals surface area contributed by atoms with E-state index in [2.05, 4.69) is 44.4 Å². The molecule has 29 heavy (non-hydrogen) atoms. The third-order valence-corrected chi connectivity index (χ3v) is 5.45. The van der Waals surface area contributed by atoms with Gasteiger partial charge in [-0.15, -0.1) is 16.4 Å². The van der Waals surface area contributed by atoms with E-state index in [1.54, 1.807) is 23.5 Å². The quantitative estimate of drug-likeness (QED) is 0.302. The Morgan fingerprint density at radius 2 is 1.55 bits per heavy atom. The lowest BCUT2D eigenvalue weighted by molar-refractivity contribution is 0.628. The molecule has 0 bridgehead atoms. The highest BCUT2D eigenvalue weighted by Crippen LogP contribution is 2.21. The van der Waals surface area contributed by atoms with E-state index in [9.17, 15) is 4.39 Å². The summed E-state index contributed by atoms with van der Waals surface area (Å²) >= 11 is 1.56. The average Bonchev–Trinajstić information content (AvgIpc) is 3.16. The summed E-state index contributed by atoms with van der Waals surface area (Å²) in [6.07, 6.45) is 0. The molecule has 3 nitrogen and oxygen atoms in total. The second-order valence-corrected chi connectivity index (χ2v) is 7.47. The van der Waals surface area contributed by atoms with Gasteiger partial charge >= 0.3 is 0 Å². The molecule has 3 aromatic carbocycles. The minimum atomic E-state index is -0.259. The van der Waals surface area contributed by atoms with Crippen molar-refractivity contribution in [2.45, 2.75) is 13.5 Å². The highest BCUT2D eigenvalue weighted by molar-refractivity contribution is 7.07. The number of nitrogens with zero attached hydrogens (tertiary/aromatic N) is 3. The summed E-state index contributed by atoms with van der Waals surface area (Å²) in [5.74, 6) is -0.259. The topological polar surface area (TPSA) is 29.6 Å². The molecule has 1 heterocycles. The Morgan fingerprint density at radius 1 is 0.897 bits per heavy atom. The summed E-state index contributed by atoms with van der Waals surface area (Å²) in [6.45, 7) is 2.59. The van der Waals surface area contributed by atoms with E-state index in [4.69, 9.17) is 0 Å². The standard InChI is InChI=1S/C24H20FN3S/c1-18(20-12-14-22(25)15-13-20)26-27-24-28(16-19-8-4-2-5-9-19)23(17-29-24)21-10-6-3-7-11-21/h2-15,17H,16H2,1H3. The summed E-state index contributed by atoms with van der Waals surface area (Å²) in [4.78, 5) is 0.814. The monoisotopic (exact) mass is 401 g/mol. The summed E-state index contributed by atoms with van der Waals surface area (Å²) < 4.78 is 15.3. The molecule has 144 valence electrons. The number of halogens is 1. The van der Waals surface area contributed by atoms with Crippen LogP contribution in [0.2, 0.25) is 0 Å². The zero-order valence-corrected chi connectivity index (χ0v) is 16.8. The van der Waals surface area contributed by atoms with Crippen molar-refractivity contribution in [3.63, 3.8) is 0 Å². The molecule has 4 rings (SSSR count). The van der Waals surface area contributed by atoms with Gasteiger partial charge < -0.3 is 4.57 Å². The first-order chi connectivity index (χ1) is 14.2. The fourth-order valence-electron chi connectivity index (χ4n) is 3.03. The Morgan fingerprint density at radius 3 is 2.24 bits per heavy atom. The van der Waals surface area contributed by atoms with Crippen LogP contribution in [0.15, 0.2) is 101 Å². The van der Waals surface area contributed by atoms with E-state index in [0.717, 1.165) is 27.3 Å². The van der Waals surface area contributed by atoms with E-state index in [1.807, 2.05) is 43.3 Å².